The maximum absolute atomic E-state index is 12.6. The molecule has 8 heteroatoms. The number of nitrogens with one attached hydrogen (secondary N) is 1. The standard InChI is InChI=1S/C17H12ClNO5S/c1-25(22,23)19-13-5-2-10(3-6-13)16(20)14-9-11-8-12(18)4-7-15(11)24-17(14)21/h2-9,19H,1H3. The summed E-state index contributed by atoms with van der Waals surface area (Å²) in [5, 5.41) is 0.988. The van der Waals surface area contributed by atoms with E-state index < -0.39 is 21.4 Å². The van der Waals surface area contributed by atoms with E-state index in [9.17, 15) is 18.0 Å². The van der Waals surface area contributed by atoms with Crippen LogP contribution in [0.25, 0.3) is 11.0 Å². The Morgan fingerprint density at radius 2 is 1.76 bits per heavy atom. The summed E-state index contributed by atoms with van der Waals surface area (Å²) < 4.78 is 29.8. The molecule has 0 bridgehead atoms. The van der Waals surface area contributed by atoms with E-state index in [2.05, 4.69) is 4.72 Å². The highest BCUT2D eigenvalue weighted by molar-refractivity contribution is 7.92. The first-order chi connectivity index (χ1) is 11.7. The van der Waals surface area contributed by atoms with Crippen LogP contribution in [-0.2, 0) is 10.0 Å². The highest BCUT2D eigenvalue weighted by Crippen LogP contribution is 2.20. The second-order valence-electron chi connectivity index (χ2n) is 5.41. The van der Waals surface area contributed by atoms with Crippen molar-refractivity contribution in [2.75, 3.05) is 11.0 Å². The van der Waals surface area contributed by atoms with Crippen LogP contribution < -0.4 is 10.3 Å². The molecule has 0 fully saturated rings. The average Bonchev–Trinajstić information content (AvgIpc) is 2.53. The fourth-order valence-corrected chi connectivity index (χ4v) is 3.06. The van der Waals surface area contributed by atoms with Gasteiger partial charge in [-0.25, -0.2) is 13.2 Å². The number of carbonyl (C=O) groups is 1. The molecule has 128 valence electrons. The quantitative estimate of drug-likeness (QED) is 0.557. The van der Waals surface area contributed by atoms with Crippen molar-refractivity contribution in [1.82, 2.24) is 0 Å². The minimum Gasteiger partial charge on any atom is -0.422 e. The maximum Gasteiger partial charge on any atom is 0.347 e. The lowest BCUT2D eigenvalue weighted by Gasteiger charge is -2.05. The lowest BCUT2D eigenvalue weighted by Crippen LogP contribution is -2.15. The maximum atomic E-state index is 12.6. The minimum atomic E-state index is -3.41. The third-order valence-corrected chi connectivity index (χ3v) is 4.23. The smallest absolute Gasteiger partial charge is 0.347 e. The SMILES string of the molecule is CS(=O)(=O)Nc1ccc(C(=O)c2cc3cc(Cl)ccc3oc2=O)cc1. The van der Waals surface area contributed by atoms with Crippen molar-refractivity contribution in [3.8, 4) is 0 Å². The van der Waals surface area contributed by atoms with Gasteiger partial charge in [0, 0.05) is 21.7 Å². The van der Waals surface area contributed by atoms with Crippen LogP contribution in [0.2, 0.25) is 5.02 Å². The molecule has 3 aromatic rings. The molecule has 0 saturated heterocycles. The predicted molar refractivity (Wildman–Crippen MR) is 95.8 cm³/mol. The van der Waals surface area contributed by atoms with Crippen LogP contribution in [0.4, 0.5) is 5.69 Å². The monoisotopic (exact) mass is 377 g/mol. The lowest BCUT2D eigenvalue weighted by molar-refractivity contribution is 0.103. The molecular weight excluding hydrogens is 366 g/mol. The number of halogens is 1. The first-order valence-electron chi connectivity index (χ1n) is 7.09. The van der Waals surface area contributed by atoms with Crippen molar-refractivity contribution in [1.29, 1.82) is 0 Å². The Morgan fingerprint density at radius 1 is 1.08 bits per heavy atom. The van der Waals surface area contributed by atoms with Gasteiger partial charge < -0.3 is 4.42 Å². The van der Waals surface area contributed by atoms with Gasteiger partial charge in [-0.1, -0.05) is 11.6 Å². The van der Waals surface area contributed by atoms with Crippen LogP contribution in [0.5, 0.6) is 0 Å². The number of rotatable bonds is 4. The topological polar surface area (TPSA) is 93.4 Å². The number of hydrogen-bond acceptors (Lipinski definition) is 5. The van der Waals surface area contributed by atoms with E-state index in [1.54, 1.807) is 18.2 Å². The molecule has 6 nitrogen and oxygen atoms in total. The van der Waals surface area contributed by atoms with Gasteiger partial charge >= 0.3 is 5.63 Å². The predicted octanol–water partition coefficient (Wildman–Crippen LogP) is 3.05. The summed E-state index contributed by atoms with van der Waals surface area (Å²) in [6.45, 7) is 0. The van der Waals surface area contributed by atoms with Crippen molar-refractivity contribution in [2.24, 2.45) is 0 Å². The van der Waals surface area contributed by atoms with Gasteiger partial charge in [-0.3, -0.25) is 9.52 Å². The molecule has 3 rings (SSSR count). The summed E-state index contributed by atoms with van der Waals surface area (Å²) in [5.74, 6) is -0.526. The molecule has 0 spiro atoms. The number of benzene rings is 2. The summed E-state index contributed by atoms with van der Waals surface area (Å²) in [5.41, 5.74) is -0.000457. The molecule has 0 aliphatic heterocycles. The van der Waals surface area contributed by atoms with Gasteiger partial charge in [-0.15, -0.1) is 0 Å². The largest absolute Gasteiger partial charge is 0.422 e. The molecule has 1 heterocycles. The highest BCUT2D eigenvalue weighted by Gasteiger charge is 2.16. The molecule has 0 radical (unpaired) electrons. The summed E-state index contributed by atoms with van der Waals surface area (Å²) in [4.78, 5) is 24.6. The first-order valence-corrected chi connectivity index (χ1v) is 9.36. The van der Waals surface area contributed by atoms with Gasteiger partial charge in [0.05, 0.1) is 6.26 Å². The third-order valence-electron chi connectivity index (χ3n) is 3.39. The van der Waals surface area contributed by atoms with Gasteiger partial charge in [0.2, 0.25) is 10.0 Å². The van der Waals surface area contributed by atoms with Crippen LogP contribution in [0, 0.1) is 0 Å². The normalized spacial score (nSPS) is 11.4. The van der Waals surface area contributed by atoms with E-state index in [0.29, 0.717) is 21.7 Å². The van der Waals surface area contributed by atoms with Crippen LogP contribution in [0.15, 0.2) is 57.7 Å². The molecule has 1 aromatic heterocycles. The van der Waals surface area contributed by atoms with E-state index in [4.69, 9.17) is 16.0 Å². The second-order valence-corrected chi connectivity index (χ2v) is 7.60. The van der Waals surface area contributed by atoms with Crippen LogP contribution in [0.3, 0.4) is 0 Å². The molecule has 0 atom stereocenters. The lowest BCUT2D eigenvalue weighted by atomic mass is 10.0. The zero-order chi connectivity index (χ0) is 18.2. The summed E-state index contributed by atoms with van der Waals surface area (Å²) in [7, 11) is -3.41. The molecule has 25 heavy (non-hydrogen) atoms. The molecule has 0 saturated carbocycles. The van der Waals surface area contributed by atoms with Gasteiger partial charge in [0.1, 0.15) is 11.1 Å². The zero-order valence-corrected chi connectivity index (χ0v) is 14.5. The van der Waals surface area contributed by atoms with Crippen molar-refractivity contribution in [3.05, 3.63) is 75.1 Å². The molecule has 0 aliphatic rings. The Balaban J connectivity index is 1.99. The van der Waals surface area contributed by atoms with Crippen molar-refractivity contribution in [2.45, 2.75) is 0 Å². The Bertz CT molecular complexity index is 1130. The molecular formula is C17H12ClNO5S. The van der Waals surface area contributed by atoms with Crippen LogP contribution >= 0.6 is 11.6 Å². The van der Waals surface area contributed by atoms with Crippen molar-refractivity contribution < 1.29 is 17.6 Å². The summed E-state index contributed by atoms with van der Waals surface area (Å²) >= 11 is 5.92. The number of sulfonamides is 1. The molecule has 0 unspecified atom stereocenters. The van der Waals surface area contributed by atoms with E-state index in [1.807, 2.05) is 0 Å². The fraction of sp³-hybridized carbons (Fsp3) is 0.0588. The van der Waals surface area contributed by atoms with E-state index in [0.717, 1.165) is 6.26 Å². The van der Waals surface area contributed by atoms with Gasteiger partial charge in [-0.2, -0.15) is 0 Å². The van der Waals surface area contributed by atoms with E-state index in [1.165, 1.54) is 30.3 Å². The molecule has 1 N–H and O–H groups in total. The zero-order valence-electron chi connectivity index (χ0n) is 12.9. The van der Waals surface area contributed by atoms with Crippen molar-refractivity contribution in [3.63, 3.8) is 0 Å². The first kappa shape index (κ1) is 17.2. The van der Waals surface area contributed by atoms with Crippen LogP contribution in [0.1, 0.15) is 15.9 Å². The Kier molecular flexibility index (Phi) is 4.36. The van der Waals surface area contributed by atoms with Crippen molar-refractivity contribution >= 4 is 44.1 Å². The molecule has 0 amide bonds. The number of fused-ring (bicyclic) bond motifs is 1. The Morgan fingerprint density at radius 3 is 2.40 bits per heavy atom. The molecule has 0 aliphatic carbocycles. The average molecular weight is 378 g/mol. The van der Waals surface area contributed by atoms with Crippen LogP contribution in [-0.4, -0.2) is 20.5 Å². The van der Waals surface area contributed by atoms with E-state index in [-0.39, 0.29) is 11.1 Å². The fourth-order valence-electron chi connectivity index (χ4n) is 2.31. The Labute approximate surface area is 148 Å². The highest BCUT2D eigenvalue weighted by atomic mass is 35.5. The number of ketones is 1. The summed E-state index contributed by atoms with van der Waals surface area (Å²) in [6.07, 6.45) is 1.03. The number of carbonyl (C=O) groups excluding carboxylic acids is 1. The van der Waals surface area contributed by atoms with Gasteiger partial charge in [-0.05, 0) is 48.5 Å². The molecule has 2 aromatic carbocycles. The minimum absolute atomic E-state index is 0.126. The van der Waals surface area contributed by atoms with E-state index >= 15 is 0 Å². The number of hydrogen-bond donors (Lipinski definition) is 1. The van der Waals surface area contributed by atoms with Gasteiger partial charge in [0.25, 0.3) is 0 Å². The third kappa shape index (κ3) is 3.89. The Hall–Kier alpha value is -2.64. The second kappa shape index (κ2) is 6.34. The van der Waals surface area contributed by atoms with Gasteiger partial charge in [0.15, 0.2) is 5.78 Å². The number of anilines is 1. The summed E-state index contributed by atoms with van der Waals surface area (Å²) in [6, 6.07) is 11.9.